The van der Waals surface area contributed by atoms with E-state index in [9.17, 15) is 9.59 Å². The summed E-state index contributed by atoms with van der Waals surface area (Å²) < 4.78 is 5.92. The highest BCUT2D eigenvalue weighted by Gasteiger charge is 2.52. The molecule has 1 saturated carbocycles. The number of amides is 2. The molecule has 3 aliphatic rings. The number of nitrogens with two attached hydrogens (primary N) is 1. The number of aryl methyl sites for hydroxylation is 1. The van der Waals surface area contributed by atoms with Crippen LogP contribution in [0.1, 0.15) is 42.9 Å². The standard InChI is InChI=1S/C19H22N4O3/c1-3-12(20)17(24)23-16-18(25)22-13(8-21-16)11-5-4-10(2)15-14(11)19(6-7-19)9-26-15/h4-5,8,12,16H,3,6-7,9,20H2,1-2H3,(H,23,24)/t12-,16?/m1/s1. The molecule has 7 heteroatoms. The zero-order valence-electron chi connectivity index (χ0n) is 14.9. The molecular weight excluding hydrogens is 332 g/mol. The van der Waals surface area contributed by atoms with E-state index in [4.69, 9.17) is 10.5 Å². The number of nitrogens with one attached hydrogen (secondary N) is 1. The van der Waals surface area contributed by atoms with Crippen LogP contribution in [0.4, 0.5) is 0 Å². The highest BCUT2D eigenvalue weighted by Crippen LogP contribution is 2.57. The molecule has 0 saturated heterocycles. The van der Waals surface area contributed by atoms with Gasteiger partial charge >= 0.3 is 0 Å². The third kappa shape index (κ3) is 2.63. The number of aliphatic imine (C=N–C) groups is 2. The van der Waals surface area contributed by atoms with Gasteiger partial charge in [-0.3, -0.25) is 14.6 Å². The summed E-state index contributed by atoms with van der Waals surface area (Å²) in [6.45, 7) is 4.51. The lowest BCUT2D eigenvalue weighted by Crippen LogP contribution is -2.48. The van der Waals surface area contributed by atoms with Crippen LogP contribution in [0.25, 0.3) is 0 Å². The second-order valence-corrected chi connectivity index (χ2v) is 7.24. The molecule has 2 amide bonds. The van der Waals surface area contributed by atoms with E-state index in [1.54, 1.807) is 13.1 Å². The van der Waals surface area contributed by atoms with Gasteiger partial charge in [0, 0.05) is 16.5 Å². The van der Waals surface area contributed by atoms with E-state index in [1.165, 1.54) is 0 Å². The monoisotopic (exact) mass is 354 g/mol. The van der Waals surface area contributed by atoms with Crippen molar-refractivity contribution < 1.29 is 14.3 Å². The number of ether oxygens (including phenoxy) is 1. The first-order valence-electron chi connectivity index (χ1n) is 8.94. The molecule has 2 heterocycles. The van der Waals surface area contributed by atoms with Gasteiger partial charge in [0.1, 0.15) is 5.75 Å². The SMILES string of the molecule is CC[C@@H](N)C(=O)NC1N=CC(c2ccc(C)c3c2C2(CC2)CO3)=NC1=O. The maximum atomic E-state index is 12.4. The Balaban J connectivity index is 1.61. The highest BCUT2D eigenvalue weighted by atomic mass is 16.5. The van der Waals surface area contributed by atoms with Crippen molar-refractivity contribution in [2.24, 2.45) is 15.7 Å². The Morgan fingerprint density at radius 2 is 2.23 bits per heavy atom. The van der Waals surface area contributed by atoms with E-state index in [2.05, 4.69) is 15.3 Å². The number of fused-ring (bicyclic) bond motifs is 2. The lowest BCUT2D eigenvalue weighted by atomic mass is 9.89. The van der Waals surface area contributed by atoms with Gasteiger partial charge in [0.15, 0.2) is 0 Å². The first-order chi connectivity index (χ1) is 12.4. The van der Waals surface area contributed by atoms with Gasteiger partial charge in [0.05, 0.1) is 24.6 Å². The first-order valence-corrected chi connectivity index (χ1v) is 8.94. The van der Waals surface area contributed by atoms with Crippen LogP contribution >= 0.6 is 0 Å². The van der Waals surface area contributed by atoms with Crippen LogP contribution in [0.15, 0.2) is 22.1 Å². The normalized spacial score (nSPS) is 23.3. The molecule has 4 rings (SSSR count). The number of rotatable bonds is 4. The molecule has 1 aromatic carbocycles. The number of hydrogen-bond donors (Lipinski definition) is 2. The van der Waals surface area contributed by atoms with Crippen molar-refractivity contribution in [2.75, 3.05) is 6.61 Å². The molecular formula is C19H22N4O3. The van der Waals surface area contributed by atoms with E-state index in [0.29, 0.717) is 18.7 Å². The molecule has 1 unspecified atom stereocenters. The Labute approximate surface area is 151 Å². The van der Waals surface area contributed by atoms with Crippen LogP contribution in [0.2, 0.25) is 0 Å². The fourth-order valence-electron chi connectivity index (χ4n) is 3.51. The Morgan fingerprint density at radius 3 is 2.88 bits per heavy atom. The maximum absolute atomic E-state index is 12.4. The summed E-state index contributed by atoms with van der Waals surface area (Å²) in [5.41, 5.74) is 9.40. The van der Waals surface area contributed by atoms with Crippen molar-refractivity contribution in [1.82, 2.24) is 5.32 Å². The predicted molar refractivity (Wildman–Crippen MR) is 97.8 cm³/mol. The van der Waals surface area contributed by atoms with Crippen LogP contribution in [0.3, 0.4) is 0 Å². The molecule has 136 valence electrons. The number of nitrogens with zero attached hydrogens (tertiary/aromatic N) is 2. The molecule has 3 N–H and O–H groups in total. The van der Waals surface area contributed by atoms with Gasteiger partial charge in [-0.1, -0.05) is 19.1 Å². The maximum Gasteiger partial charge on any atom is 0.291 e. The van der Waals surface area contributed by atoms with Crippen LogP contribution < -0.4 is 15.8 Å². The van der Waals surface area contributed by atoms with Crippen molar-refractivity contribution in [3.8, 4) is 5.75 Å². The van der Waals surface area contributed by atoms with E-state index in [-0.39, 0.29) is 5.41 Å². The molecule has 0 radical (unpaired) electrons. The summed E-state index contributed by atoms with van der Waals surface area (Å²) >= 11 is 0. The minimum atomic E-state index is -1.01. The molecule has 0 aromatic heterocycles. The topological polar surface area (TPSA) is 106 Å². The minimum absolute atomic E-state index is 0.0645. The van der Waals surface area contributed by atoms with Crippen molar-refractivity contribution in [3.05, 3.63) is 28.8 Å². The summed E-state index contributed by atoms with van der Waals surface area (Å²) in [5.74, 6) is 0.0216. The van der Waals surface area contributed by atoms with Gasteiger partial charge < -0.3 is 15.8 Å². The predicted octanol–water partition coefficient (Wildman–Crippen LogP) is 0.999. The van der Waals surface area contributed by atoms with E-state index >= 15 is 0 Å². The van der Waals surface area contributed by atoms with E-state index in [1.807, 2.05) is 19.1 Å². The Bertz CT molecular complexity index is 855. The van der Waals surface area contributed by atoms with Gasteiger partial charge in [-0.25, -0.2) is 4.99 Å². The fourth-order valence-corrected chi connectivity index (χ4v) is 3.51. The number of benzene rings is 1. The summed E-state index contributed by atoms with van der Waals surface area (Å²) in [6.07, 6.45) is 3.21. The van der Waals surface area contributed by atoms with Crippen molar-refractivity contribution in [3.63, 3.8) is 0 Å². The summed E-state index contributed by atoms with van der Waals surface area (Å²) in [7, 11) is 0. The molecule has 1 fully saturated rings. The minimum Gasteiger partial charge on any atom is -0.492 e. The summed E-state index contributed by atoms with van der Waals surface area (Å²) in [4.78, 5) is 32.7. The zero-order valence-corrected chi connectivity index (χ0v) is 14.9. The molecule has 0 bridgehead atoms. The quantitative estimate of drug-likeness (QED) is 0.841. The van der Waals surface area contributed by atoms with E-state index in [0.717, 1.165) is 35.3 Å². The van der Waals surface area contributed by atoms with Gasteiger partial charge in [-0.2, -0.15) is 0 Å². The zero-order chi connectivity index (χ0) is 18.5. The fraction of sp³-hybridized carbons (Fsp3) is 0.474. The van der Waals surface area contributed by atoms with Crippen LogP contribution in [-0.4, -0.2) is 42.6 Å². The largest absolute Gasteiger partial charge is 0.492 e. The smallest absolute Gasteiger partial charge is 0.291 e. The Hall–Kier alpha value is -2.54. The molecule has 2 atom stereocenters. The van der Waals surface area contributed by atoms with Crippen molar-refractivity contribution in [1.29, 1.82) is 0 Å². The van der Waals surface area contributed by atoms with Gasteiger partial charge in [0.25, 0.3) is 5.91 Å². The third-order valence-corrected chi connectivity index (χ3v) is 5.37. The molecule has 1 aliphatic carbocycles. The second kappa shape index (κ2) is 6.02. The number of carbonyl (C=O) groups excluding carboxylic acids is 2. The summed E-state index contributed by atoms with van der Waals surface area (Å²) in [5, 5.41) is 2.54. The Morgan fingerprint density at radius 1 is 1.46 bits per heavy atom. The van der Waals surface area contributed by atoms with Gasteiger partial charge in [0.2, 0.25) is 12.1 Å². The molecule has 1 aromatic rings. The molecule has 26 heavy (non-hydrogen) atoms. The Kier molecular flexibility index (Phi) is 3.91. The molecule has 7 nitrogen and oxygen atoms in total. The second-order valence-electron chi connectivity index (χ2n) is 7.24. The highest BCUT2D eigenvalue weighted by molar-refractivity contribution is 6.42. The lowest BCUT2D eigenvalue weighted by Gasteiger charge is -2.19. The first kappa shape index (κ1) is 16.9. The van der Waals surface area contributed by atoms with Gasteiger partial charge in [-0.15, -0.1) is 0 Å². The van der Waals surface area contributed by atoms with Gasteiger partial charge in [-0.05, 0) is 31.7 Å². The molecule has 1 spiro atoms. The number of carbonyl (C=O) groups is 2. The van der Waals surface area contributed by atoms with Crippen LogP contribution in [0.5, 0.6) is 5.75 Å². The van der Waals surface area contributed by atoms with Crippen LogP contribution in [-0.2, 0) is 15.0 Å². The lowest BCUT2D eigenvalue weighted by molar-refractivity contribution is -0.127. The summed E-state index contributed by atoms with van der Waals surface area (Å²) in [6, 6.07) is 3.30. The average molecular weight is 354 g/mol. The molecule has 2 aliphatic heterocycles. The average Bonchev–Trinajstić information content (AvgIpc) is 3.31. The third-order valence-electron chi connectivity index (χ3n) is 5.37. The van der Waals surface area contributed by atoms with E-state index < -0.39 is 24.0 Å². The van der Waals surface area contributed by atoms with Crippen LogP contribution in [0, 0.1) is 6.92 Å². The number of hydrogen-bond acceptors (Lipinski definition) is 5. The van der Waals surface area contributed by atoms with Crippen molar-refractivity contribution >= 4 is 23.7 Å². The van der Waals surface area contributed by atoms with Crippen molar-refractivity contribution in [2.45, 2.75) is 50.7 Å².